The molecule has 150 valence electrons. The first kappa shape index (κ1) is 24.2. The Labute approximate surface area is 174 Å². The first-order valence-corrected chi connectivity index (χ1v) is 16.1. The number of aliphatic hydroxyl groups is 1. The summed E-state index contributed by atoms with van der Waals surface area (Å²) in [4.78, 5) is 0. The molecule has 27 heavy (non-hydrogen) atoms. The van der Waals surface area contributed by atoms with Crippen molar-refractivity contribution in [3.05, 3.63) is 46.1 Å². The molecule has 0 fully saturated rings. The highest BCUT2D eigenvalue weighted by Crippen LogP contribution is 2.44. The highest BCUT2D eigenvalue weighted by atomic mass is 35.5. The quantitative estimate of drug-likeness (QED) is 0.398. The topological polar surface area (TPSA) is 20.2 Å². The van der Waals surface area contributed by atoms with E-state index >= 15 is 0 Å². The van der Waals surface area contributed by atoms with Crippen molar-refractivity contribution in [3.8, 4) is 11.5 Å². The van der Waals surface area contributed by atoms with Crippen molar-refractivity contribution in [1.82, 2.24) is 0 Å². The number of hydrogen-bond acceptors (Lipinski definition) is 1. The summed E-state index contributed by atoms with van der Waals surface area (Å²) in [5.41, 5.74) is 4.45. The third kappa shape index (κ3) is 5.84. The Hall–Kier alpha value is -0.796. The van der Waals surface area contributed by atoms with E-state index in [0.717, 1.165) is 10.8 Å². The summed E-state index contributed by atoms with van der Waals surface area (Å²) in [5.74, 6) is 3.37. The van der Waals surface area contributed by atoms with Crippen molar-refractivity contribution < 1.29 is 5.11 Å². The molecule has 1 nitrogen and oxygen atoms in total. The van der Waals surface area contributed by atoms with Gasteiger partial charge in [-0.3, -0.25) is 0 Å². The van der Waals surface area contributed by atoms with Crippen LogP contribution in [-0.4, -0.2) is 21.3 Å². The van der Waals surface area contributed by atoms with Crippen LogP contribution < -0.4 is 0 Å². The van der Waals surface area contributed by atoms with Gasteiger partial charge in [-0.25, -0.2) is 0 Å². The zero-order valence-corrected chi connectivity index (χ0v) is 21.5. The molecule has 0 aliphatic heterocycles. The zero-order chi connectivity index (χ0) is 21.3. The zero-order valence-electron chi connectivity index (χ0n) is 18.8. The normalized spacial score (nSPS) is 15.2. The molecule has 0 aliphatic rings. The second kappa shape index (κ2) is 8.29. The number of allylic oxidation sites excluding steroid dienone is 1. The second-order valence-electron chi connectivity index (χ2n) is 10.6. The van der Waals surface area contributed by atoms with Crippen molar-refractivity contribution in [1.29, 1.82) is 0 Å². The minimum Gasteiger partial charge on any atom is -0.384 e. The van der Waals surface area contributed by atoms with E-state index in [-0.39, 0.29) is 10.1 Å². The minimum atomic E-state index is -1.94. The molecule has 0 saturated carbocycles. The molecule has 0 bridgehead atoms. The average molecular weight is 421 g/mol. The molecule has 0 saturated heterocycles. The summed E-state index contributed by atoms with van der Waals surface area (Å²) in [5, 5.41) is 13.3. The molecule has 1 atom stereocenters. The number of benzene rings is 1. The minimum absolute atomic E-state index is 0.116. The molecule has 1 aromatic carbocycles. The van der Waals surface area contributed by atoms with E-state index < -0.39 is 22.3 Å². The Morgan fingerprint density at radius 2 is 1.44 bits per heavy atom. The van der Waals surface area contributed by atoms with Crippen molar-refractivity contribution in [2.45, 2.75) is 83.9 Å². The summed E-state index contributed by atoms with van der Waals surface area (Å²) >= 11 is 6.03. The molecule has 0 aromatic heterocycles. The van der Waals surface area contributed by atoms with Gasteiger partial charge in [-0.1, -0.05) is 97.4 Å². The van der Waals surface area contributed by atoms with Gasteiger partial charge in [0.15, 0.2) is 0 Å². The van der Waals surface area contributed by atoms with E-state index in [9.17, 15) is 5.11 Å². The standard InChI is InChI=1S/C23H37ClOSi2/c1-22(2,3)26(7,8)17-11-12-20(27(9,10)23(4,5)6)21(25)18-13-15-19(24)16-14-18/h12-16,21,25H,1-10H3/b20-12-. The smallest absolute Gasteiger partial charge is 0.138 e. The van der Waals surface area contributed by atoms with Gasteiger partial charge < -0.3 is 5.11 Å². The monoisotopic (exact) mass is 420 g/mol. The van der Waals surface area contributed by atoms with E-state index in [4.69, 9.17) is 11.6 Å². The van der Waals surface area contributed by atoms with Gasteiger partial charge in [-0.2, -0.15) is 0 Å². The maximum absolute atomic E-state index is 11.2. The molecular formula is C23H37ClOSi2. The van der Waals surface area contributed by atoms with Crippen LogP contribution in [0.15, 0.2) is 35.5 Å². The third-order valence-electron chi connectivity index (χ3n) is 6.56. The lowest BCUT2D eigenvalue weighted by molar-refractivity contribution is 0.221. The Bertz CT molecular complexity index is 736. The van der Waals surface area contributed by atoms with E-state index in [1.165, 1.54) is 0 Å². The maximum atomic E-state index is 11.2. The largest absolute Gasteiger partial charge is 0.384 e. The molecule has 0 aliphatic carbocycles. The van der Waals surface area contributed by atoms with E-state index in [2.05, 4.69) is 79.2 Å². The maximum Gasteiger partial charge on any atom is 0.138 e. The molecule has 0 radical (unpaired) electrons. The van der Waals surface area contributed by atoms with Gasteiger partial charge >= 0.3 is 0 Å². The number of halogens is 1. The van der Waals surface area contributed by atoms with Crippen LogP contribution in [-0.2, 0) is 0 Å². The van der Waals surface area contributed by atoms with E-state index in [0.29, 0.717) is 5.02 Å². The van der Waals surface area contributed by atoms with Gasteiger partial charge in [0, 0.05) is 5.02 Å². The van der Waals surface area contributed by atoms with Crippen LogP contribution in [0.5, 0.6) is 0 Å². The fourth-order valence-corrected chi connectivity index (χ4v) is 5.42. The predicted octanol–water partition coefficient (Wildman–Crippen LogP) is 7.40. The lowest BCUT2D eigenvalue weighted by Crippen LogP contribution is -2.42. The van der Waals surface area contributed by atoms with Crippen LogP contribution in [0.1, 0.15) is 53.2 Å². The van der Waals surface area contributed by atoms with Crippen LogP contribution in [0.2, 0.25) is 41.3 Å². The summed E-state index contributed by atoms with van der Waals surface area (Å²) < 4.78 is 0. The van der Waals surface area contributed by atoms with Gasteiger partial charge in [0.2, 0.25) is 0 Å². The van der Waals surface area contributed by atoms with Gasteiger partial charge in [0.1, 0.15) is 8.07 Å². The summed E-state index contributed by atoms with van der Waals surface area (Å²) in [7, 11) is -3.63. The number of rotatable bonds is 3. The molecule has 1 N–H and O–H groups in total. The molecule has 1 rings (SSSR count). The van der Waals surface area contributed by atoms with Gasteiger partial charge in [-0.15, -0.1) is 5.54 Å². The highest BCUT2D eigenvalue weighted by molar-refractivity contribution is 6.88. The Morgan fingerprint density at radius 1 is 0.963 bits per heavy atom. The van der Waals surface area contributed by atoms with Crippen molar-refractivity contribution in [3.63, 3.8) is 0 Å². The van der Waals surface area contributed by atoms with Gasteiger partial charge in [0.25, 0.3) is 0 Å². The highest BCUT2D eigenvalue weighted by Gasteiger charge is 2.41. The SMILES string of the molecule is CC(C)(C)[Si](C)(C)C#C/C=C(/C(O)c1ccc(Cl)cc1)[Si](C)(C)C(C)(C)C. The molecule has 4 heteroatoms. The fraction of sp³-hybridized carbons (Fsp3) is 0.565. The first-order chi connectivity index (χ1) is 12.0. The Morgan fingerprint density at radius 3 is 1.85 bits per heavy atom. The average Bonchev–Trinajstić information content (AvgIpc) is 2.49. The van der Waals surface area contributed by atoms with Crippen LogP contribution in [0.3, 0.4) is 0 Å². The van der Waals surface area contributed by atoms with Crippen molar-refractivity contribution in [2.24, 2.45) is 0 Å². The molecule has 1 aromatic rings. The molecule has 0 amide bonds. The van der Waals surface area contributed by atoms with Crippen molar-refractivity contribution >= 4 is 27.7 Å². The second-order valence-corrected chi connectivity index (χ2v) is 21.3. The van der Waals surface area contributed by atoms with Gasteiger partial charge in [0.05, 0.1) is 14.2 Å². The third-order valence-corrected chi connectivity index (χ3v) is 16.9. The predicted molar refractivity (Wildman–Crippen MR) is 127 cm³/mol. The van der Waals surface area contributed by atoms with E-state index in [1.807, 2.05) is 30.3 Å². The van der Waals surface area contributed by atoms with Crippen LogP contribution in [0.25, 0.3) is 0 Å². The number of hydrogen-bond donors (Lipinski definition) is 1. The lowest BCUT2D eigenvalue weighted by atomic mass is 10.1. The summed E-state index contributed by atoms with van der Waals surface area (Å²) in [6, 6.07) is 7.50. The Kier molecular flexibility index (Phi) is 7.44. The Balaban J connectivity index is 3.47. The number of aliphatic hydroxyl groups excluding tert-OH is 1. The summed E-state index contributed by atoms with van der Waals surface area (Å²) in [6.07, 6.45) is 1.38. The first-order valence-electron chi connectivity index (χ1n) is 9.67. The summed E-state index contributed by atoms with van der Waals surface area (Å²) in [6.45, 7) is 22.9. The lowest BCUT2D eigenvalue weighted by Gasteiger charge is -2.40. The van der Waals surface area contributed by atoms with E-state index in [1.54, 1.807) is 0 Å². The molecule has 0 heterocycles. The van der Waals surface area contributed by atoms with Crippen LogP contribution in [0, 0.1) is 11.5 Å². The molecule has 1 unspecified atom stereocenters. The molecule has 0 spiro atoms. The fourth-order valence-electron chi connectivity index (χ4n) is 2.34. The van der Waals surface area contributed by atoms with Crippen LogP contribution >= 0.6 is 11.6 Å². The van der Waals surface area contributed by atoms with Crippen molar-refractivity contribution in [2.75, 3.05) is 0 Å². The molecular weight excluding hydrogens is 384 g/mol. The van der Waals surface area contributed by atoms with Gasteiger partial charge in [-0.05, 0) is 39.0 Å². The van der Waals surface area contributed by atoms with Crippen LogP contribution in [0.4, 0.5) is 0 Å².